The van der Waals surface area contributed by atoms with E-state index >= 15 is 0 Å². The molecular formula is C48H59N7O6. The summed E-state index contributed by atoms with van der Waals surface area (Å²) >= 11 is 0. The van der Waals surface area contributed by atoms with E-state index in [1.54, 1.807) is 0 Å². The van der Waals surface area contributed by atoms with E-state index in [4.69, 9.17) is 19.5 Å². The van der Waals surface area contributed by atoms with Crippen LogP contribution in [-0.4, -0.2) is 94.4 Å². The third-order valence-corrected chi connectivity index (χ3v) is 12.9. The van der Waals surface area contributed by atoms with Gasteiger partial charge in [-0.15, -0.1) is 0 Å². The molecule has 61 heavy (non-hydrogen) atoms. The average molecular weight is 830 g/mol. The Hall–Kier alpha value is -5.98. The first-order valence-corrected chi connectivity index (χ1v) is 21.2. The molecule has 3 aliphatic heterocycles. The quantitative estimate of drug-likeness (QED) is 0.137. The SMILES string of the molecule is C.COC(=O)N[C@H](C(=O)N1CCC[C@H]1c1ncc(-c2ccc3cc(-c4ccc(C5=CN=C([C@@H]6[C@@H]7CC[C@@H](C7)N6C(=O)[C@@H](NC(=O)OC)C(C)C)C5)cc4)ccc3c2)[nH]1)C(C)C. The molecule has 4 aliphatic rings. The molecule has 4 amide bonds. The van der Waals surface area contributed by atoms with Crippen LogP contribution in [0.4, 0.5) is 9.59 Å². The largest absolute Gasteiger partial charge is 0.453 e. The van der Waals surface area contributed by atoms with E-state index in [-0.39, 0.29) is 49.2 Å². The summed E-state index contributed by atoms with van der Waals surface area (Å²) < 4.78 is 9.61. The van der Waals surface area contributed by atoms with Crippen molar-refractivity contribution in [3.63, 3.8) is 0 Å². The van der Waals surface area contributed by atoms with Gasteiger partial charge in [0.2, 0.25) is 11.8 Å². The summed E-state index contributed by atoms with van der Waals surface area (Å²) in [5, 5.41) is 7.71. The van der Waals surface area contributed by atoms with Crippen LogP contribution in [0.25, 0.3) is 38.7 Å². The minimum Gasteiger partial charge on any atom is -0.453 e. The predicted molar refractivity (Wildman–Crippen MR) is 238 cm³/mol. The Morgan fingerprint density at radius 1 is 0.770 bits per heavy atom. The first-order valence-electron chi connectivity index (χ1n) is 21.2. The number of H-pyrrole nitrogens is 1. The van der Waals surface area contributed by atoms with Gasteiger partial charge in [0.15, 0.2) is 0 Å². The van der Waals surface area contributed by atoms with Crippen LogP contribution in [0.3, 0.4) is 0 Å². The number of benzene rings is 3. The zero-order valence-electron chi connectivity index (χ0n) is 35.2. The van der Waals surface area contributed by atoms with Crippen molar-refractivity contribution in [2.75, 3.05) is 20.8 Å². The molecule has 13 heteroatoms. The second-order valence-corrected chi connectivity index (χ2v) is 17.3. The Morgan fingerprint density at radius 3 is 2.03 bits per heavy atom. The molecule has 0 spiro atoms. The van der Waals surface area contributed by atoms with Crippen molar-refractivity contribution >= 4 is 46.1 Å². The number of imidazole rings is 1. The highest BCUT2D eigenvalue weighted by molar-refractivity contribution is 6.04. The number of rotatable bonds is 11. The van der Waals surface area contributed by atoms with Gasteiger partial charge < -0.3 is 34.9 Å². The standard InChI is InChI=1S/C47H55N7O6.CH4/c1-26(2)40(51-46(57)59-5)44(55)53-19-7-8-39(53)43-49-25-38(50-43)33-16-15-31-20-30(13-14-32(31)21-33)28-9-11-29(12-10-28)35-23-37(48-24-35)42-34-17-18-36(22-34)54(42)45(56)41(27(3)4)52-47(58)60-6;/h9-16,20-21,24-27,34,36,39-42H,7-8,17-19,22-23H2,1-6H3,(H,49,50)(H,51,57)(H,52,58);1H4/t34-,36+,39+,40+,41+,42+;/m1./s1. The van der Waals surface area contributed by atoms with Gasteiger partial charge in [-0.2, -0.15) is 0 Å². The monoisotopic (exact) mass is 829 g/mol. The molecule has 2 bridgehead atoms. The van der Waals surface area contributed by atoms with Crippen LogP contribution in [0, 0.1) is 17.8 Å². The molecule has 1 aliphatic carbocycles. The fourth-order valence-electron chi connectivity index (χ4n) is 9.71. The summed E-state index contributed by atoms with van der Waals surface area (Å²) in [5.74, 6) is 0.744. The molecule has 13 nitrogen and oxygen atoms in total. The lowest BCUT2D eigenvalue weighted by atomic mass is 9.89. The third kappa shape index (κ3) is 8.52. The molecule has 2 saturated heterocycles. The van der Waals surface area contributed by atoms with Crippen molar-refractivity contribution < 1.29 is 28.7 Å². The number of nitrogens with zero attached hydrogens (tertiary/aromatic N) is 4. The van der Waals surface area contributed by atoms with Gasteiger partial charge in [-0.25, -0.2) is 14.6 Å². The lowest BCUT2D eigenvalue weighted by Gasteiger charge is -2.38. The first kappa shape index (κ1) is 43.1. The zero-order valence-corrected chi connectivity index (χ0v) is 35.2. The third-order valence-electron chi connectivity index (χ3n) is 12.9. The number of hydrogen-bond acceptors (Lipinski definition) is 8. The Labute approximate surface area is 358 Å². The summed E-state index contributed by atoms with van der Waals surface area (Å²) in [6.45, 7) is 8.30. The Morgan fingerprint density at radius 2 is 1.38 bits per heavy atom. The number of carbonyl (C=O) groups is 4. The molecule has 1 aromatic heterocycles. The number of nitrogens with one attached hydrogen (secondary N) is 3. The van der Waals surface area contributed by atoms with Crippen LogP contribution in [0.15, 0.2) is 78.1 Å². The number of likely N-dealkylation sites (tertiary alicyclic amines) is 2. The molecule has 6 atom stereocenters. The number of carbonyl (C=O) groups excluding carboxylic acids is 4. The molecule has 1 saturated carbocycles. The first-order chi connectivity index (χ1) is 28.9. The summed E-state index contributed by atoms with van der Waals surface area (Å²) in [6.07, 6.45) is 7.94. The van der Waals surface area contributed by atoms with Gasteiger partial charge in [-0.1, -0.05) is 83.7 Å². The number of hydrogen-bond donors (Lipinski definition) is 3. The normalized spacial score (nSPS) is 21.6. The number of aromatic amines is 1. The van der Waals surface area contributed by atoms with Crippen molar-refractivity contribution in [1.82, 2.24) is 30.4 Å². The molecular weight excluding hydrogens is 771 g/mol. The van der Waals surface area contributed by atoms with Crippen molar-refractivity contribution in [1.29, 1.82) is 0 Å². The van der Waals surface area contributed by atoms with Crippen LogP contribution >= 0.6 is 0 Å². The Balaban J connectivity index is 0.00000561. The lowest BCUT2D eigenvalue weighted by molar-refractivity contribution is -0.137. The topological polar surface area (TPSA) is 158 Å². The second kappa shape index (κ2) is 17.9. The maximum Gasteiger partial charge on any atom is 0.407 e. The number of ether oxygens (including phenoxy) is 2. The van der Waals surface area contributed by atoms with Crippen molar-refractivity contribution in [3.05, 3.63) is 84.4 Å². The Kier molecular flexibility index (Phi) is 12.7. The van der Waals surface area contributed by atoms with Crippen molar-refractivity contribution in [2.45, 2.75) is 104 Å². The van der Waals surface area contributed by atoms with Gasteiger partial charge in [0.1, 0.15) is 17.9 Å². The molecule has 3 N–H and O–H groups in total. The zero-order chi connectivity index (χ0) is 42.2. The van der Waals surface area contributed by atoms with Crippen LogP contribution in [-0.2, 0) is 19.1 Å². The molecule has 4 aromatic rings. The second-order valence-electron chi connectivity index (χ2n) is 17.3. The van der Waals surface area contributed by atoms with Crippen LogP contribution in [0.1, 0.15) is 91.1 Å². The van der Waals surface area contributed by atoms with E-state index < -0.39 is 24.3 Å². The minimum atomic E-state index is -0.685. The molecule has 4 heterocycles. The fourth-order valence-corrected chi connectivity index (χ4v) is 9.71. The van der Waals surface area contributed by atoms with Gasteiger partial charge in [0, 0.05) is 36.5 Å². The summed E-state index contributed by atoms with van der Waals surface area (Å²) in [5.41, 5.74) is 7.38. The highest BCUT2D eigenvalue weighted by atomic mass is 16.5. The maximum atomic E-state index is 14.0. The number of allylic oxidation sites excluding steroid dienone is 1. The smallest absolute Gasteiger partial charge is 0.407 e. The average Bonchev–Trinajstić information content (AvgIpc) is 4.12. The maximum absolute atomic E-state index is 14.0. The Bertz CT molecular complexity index is 2350. The van der Waals surface area contributed by atoms with Gasteiger partial charge >= 0.3 is 12.2 Å². The minimum absolute atomic E-state index is 0. The summed E-state index contributed by atoms with van der Waals surface area (Å²) in [4.78, 5) is 68.7. The number of piperidine rings is 1. The van der Waals surface area contributed by atoms with Crippen molar-refractivity contribution in [3.8, 4) is 22.4 Å². The fraction of sp³-hybridized carbons (Fsp3) is 0.458. The number of aromatic nitrogens is 2. The van der Waals surface area contributed by atoms with Crippen molar-refractivity contribution in [2.24, 2.45) is 22.7 Å². The molecule has 8 rings (SSSR count). The predicted octanol–water partition coefficient (Wildman–Crippen LogP) is 8.52. The van der Waals surface area contributed by atoms with Gasteiger partial charge in [0.25, 0.3) is 0 Å². The molecule has 0 radical (unpaired) electrons. The number of methoxy groups -OCH3 is 2. The lowest BCUT2D eigenvalue weighted by Crippen LogP contribution is -2.57. The van der Waals surface area contributed by atoms with Gasteiger partial charge in [0.05, 0.1) is 38.2 Å². The number of alkyl carbamates (subject to hydrolysis) is 2. The van der Waals surface area contributed by atoms with E-state index in [9.17, 15) is 19.2 Å². The highest BCUT2D eigenvalue weighted by Gasteiger charge is 2.52. The van der Waals surface area contributed by atoms with Crippen LogP contribution in [0.2, 0.25) is 0 Å². The van der Waals surface area contributed by atoms with E-state index in [1.165, 1.54) is 14.2 Å². The number of amides is 4. The van der Waals surface area contributed by atoms with E-state index in [2.05, 4.69) is 76.3 Å². The highest BCUT2D eigenvalue weighted by Crippen LogP contribution is 2.45. The van der Waals surface area contributed by atoms with Crippen LogP contribution in [0.5, 0.6) is 0 Å². The molecule has 3 fully saturated rings. The molecule has 322 valence electrons. The van der Waals surface area contributed by atoms with Gasteiger partial charge in [-0.05, 0) is 95.0 Å². The van der Waals surface area contributed by atoms with Crippen LogP contribution < -0.4 is 10.6 Å². The van der Waals surface area contributed by atoms with E-state index in [1.807, 2.05) is 49.9 Å². The van der Waals surface area contributed by atoms with E-state index in [0.717, 1.165) is 87.9 Å². The number of aliphatic imine (C=N–C) groups is 1. The summed E-state index contributed by atoms with van der Waals surface area (Å²) in [6, 6.07) is 20.0. The van der Waals surface area contributed by atoms with Gasteiger partial charge in [-0.3, -0.25) is 14.6 Å². The molecule has 0 unspecified atom stereocenters. The summed E-state index contributed by atoms with van der Waals surface area (Å²) in [7, 11) is 2.61. The number of fused-ring (bicyclic) bond motifs is 3. The van der Waals surface area contributed by atoms with E-state index in [0.29, 0.717) is 18.9 Å². The molecule has 3 aromatic carbocycles.